The second-order valence-corrected chi connectivity index (χ2v) is 15.6. The summed E-state index contributed by atoms with van der Waals surface area (Å²) in [5, 5.41) is 11.3. The molecule has 0 radical (unpaired) electrons. The number of nitrogens with one attached hydrogen (secondary N) is 4. The minimum Gasteiger partial charge on any atom is -0.453 e. The molecule has 7 atom stereocenters. The highest BCUT2D eigenvalue weighted by Gasteiger charge is 2.52. The van der Waals surface area contributed by atoms with E-state index in [1.807, 2.05) is 11.1 Å². The molecule has 4 N–H and O–H groups in total. The number of ether oxygens (including phenoxy) is 2. The number of alkyl carbamates (subject to hydrolysis) is 2. The van der Waals surface area contributed by atoms with Crippen molar-refractivity contribution in [2.45, 2.75) is 82.2 Å². The van der Waals surface area contributed by atoms with Gasteiger partial charge in [0.15, 0.2) is 0 Å². The molecule has 4 amide bonds. The predicted molar refractivity (Wildman–Crippen MR) is 201 cm³/mol. The van der Waals surface area contributed by atoms with Gasteiger partial charge in [0.1, 0.15) is 23.7 Å². The largest absolute Gasteiger partial charge is 0.453 e. The van der Waals surface area contributed by atoms with Gasteiger partial charge in [-0.3, -0.25) is 14.6 Å². The highest BCUT2D eigenvalue weighted by atomic mass is 32.1. The van der Waals surface area contributed by atoms with E-state index in [1.54, 1.807) is 30.1 Å². The van der Waals surface area contributed by atoms with Crippen molar-refractivity contribution in [2.24, 2.45) is 10.9 Å². The standard InChI is InChI=1S/C38H44N8O6S/c1-19(41-37(49)51-3)35(47)45-13-5-6-29(45)33-39-17-27(43-33)21-8-11-25-26-12-9-22(16-31(26)53-30(25)15-21)28-18-40-34(44-28)32-23-7-10-24(14-23)46(32)36(48)20(2)42-38(50)52-4/h8-9,11-12,15-17,19-20,23-24,28-29,32H,5-7,10,13-14,18H2,1-4H3,(H,39,43)(H,40,44)(H,41,49)(H,42,50)/t19-,20-,23+,24+,28?,29-,32-/m0/s1. The van der Waals surface area contributed by atoms with E-state index >= 15 is 0 Å². The molecular weight excluding hydrogens is 697 g/mol. The van der Waals surface area contributed by atoms with Crippen LogP contribution in [0, 0.1) is 5.92 Å². The van der Waals surface area contributed by atoms with E-state index in [1.165, 1.54) is 29.7 Å². The molecule has 15 heteroatoms. The summed E-state index contributed by atoms with van der Waals surface area (Å²) in [6, 6.07) is 11.5. The normalized spacial score (nSPS) is 24.6. The number of hydrogen-bond donors (Lipinski definition) is 4. The number of carbonyl (C=O) groups excluding carboxylic acids is 4. The summed E-state index contributed by atoms with van der Waals surface area (Å²) in [5.74, 6) is 1.67. The number of aromatic nitrogens is 2. The maximum absolute atomic E-state index is 13.5. The highest BCUT2D eigenvalue weighted by Crippen LogP contribution is 2.44. The summed E-state index contributed by atoms with van der Waals surface area (Å²) >= 11 is 1.75. The maximum Gasteiger partial charge on any atom is 0.407 e. The predicted octanol–water partition coefficient (Wildman–Crippen LogP) is 5.02. The molecular formula is C38H44N8O6S. The number of rotatable bonds is 8. The van der Waals surface area contributed by atoms with Gasteiger partial charge in [-0.2, -0.15) is 0 Å². The van der Waals surface area contributed by atoms with E-state index in [4.69, 9.17) is 9.73 Å². The number of aliphatic imine (C=N–C) groups is 1. The fourth-order valence-electron chi connectivity index (χ4n) is 8.70. The third-order valence-electron chi connectivity index (χ3n) is 11.3. The first kappa shape index (κ1) is 34.9. The zero-order valence-electron chi connectivity index (χ0n) is 30.2. The number of piperidine rings is 1. The lowest BCUT2D eigenvalue weighted by Gasteiger charge is -2.37. The lowest BCUT2D eigenvalue weighted by molar-refractivity contribution is -0.136. The molecule has 14 nitrogen and oxygen atoms in total. The van der Waals surface area contributed by atoms with Crippen molar-refractivity contribution in [3.63, 3.8) is 0 Å². The Bertz CT molecular complexity index is 2130. The molecule has 1 saturated carbocycles. The van der Waals surface area contributed by atoms with Crippen molar-refractivity contribution < 1.29 is 28.7 Å². The summed E-state index contributed by atoms with van der Waals surface area (Å²) < 4.78 is 11.7. The quantitative estimate of drug-likeness (QED) is 0.195. The van der Waals surface area contributed by atoms with Crippen LogP contribution in [0.1, 0.15) is 69.4 Å². The molecule has 3 aliphatic heterocycles. The molecule has 2 saturated heterocycles. The number of carbonyl (C=O) groups is 4. The number of H-pyrrole nitrogens is 1. The second-order valence-electron chi connectivity index (χ2n) is 14.5. The van der Waals surface area contributed by atoms with Gasteiger partial charge in [-0.25, -0.2) is 14.6 Å². The highest BCUT2D eigenvalue weighted by molar-refractivity contribution is 7.25. The third kappa shape index (κ3) is 6.34. The van der Waals surface area contributed by atoms with E-state index in [0.717, 1.165) is 65.3 Å². The van der Waals surface area contributed by atoms with E-state index in [0.29, 0.717) is 19.0 Å². The Hall–Kier alpha value is -5.18. The lowest BCUT2D eigenvalue weighted by atomic mass is 9.96. The van der Waals surface area contributed by atoms with E-state index in [-0.39, 0.29) is 36.0 Å². The number of imidazole rings is 1. The zero-order valence-corrected chi connectivity index (χ0v) is 31.0. The molecule has 0 spiro atoms. The van der Waals surface area contributed by atoms with Gasteiger partial charge < -0.3 is 40.2 Å². The Labute approximate surface area is 310 Å². The van der Waals surface area contributed by atoms with Gasteiger partial charge in [-0.05, 0) is 69.6 Å². The molecule has 3 fully saturated rings. The van der Waals surface area contributed by atoms with Crippen LogP contribution in [0.25, 0.3) is 31.4 Å². The summed E-state index contributed by atoms with van der Waals surface area (Å²) in [7, 11) is 2.57. The summed E-state index contributed by atoms with van der Waals surface area (Å²) in [5.41, 5.74) is 3.04. The molecule has 2 bridgehead atoms. The van der Waals surface area contributed by atoms with Crippen molar-refractivity contribution in [3.8, 4) is 11.3 Å². The van der Waals surface area contributed by atoms with Crippen LogP contribution < -0.4 is 16.0 Å². The summed E-state index contributed by atoms with van der Waals surface area (Å²) in [6.07, 6.45) is 5.20. The van der Waals surface area contributed by atoms with Crippen LogP contribution >= 0.6 is 11.3 Å². The zero-order chi connectivity index (χ0) is 37.0. The van der Waals surface area contributed by atoms with Crippen molar-refractivity contribution in [2.75, 3.05) is 27.3 Å². The van der Waals surface area contributed by atoms with Gasteiger partial charge in [0.25, 0.3) is 0 Å². The topological polar surface area (TPSA) is 170 Å². The number of likely N-dealkylation sites (tertiary alicyclic amines) is 2. The second kappa shape index (κ2) is 14.0. The maximum atomic E-state index is 13.5. The van der Waals surface area contributed by atoms with Crippen LogP contribution in [-0.2, 0) is 19.1 Å². The Kier molecular flexibility index (Phi) is 9.21. The smallest absolute Gasteiger partial charge is 0.407 e. The average Bonchev–Trinajstić information content (AvgIpc) is 4.02. The monoisotopic (exact) mass is 740 g/mol. The van der Waals surface area contributed by atoms with Crippen LogP contribution in [0.2, 0.25) is 0 Å². The molecule has 53 heavy (non-hydrogen) atoms. The van der Waals surface area contributed by atoms with Crippen LogP contribution in [-0.4, -0.2) is 101 Å². The molecule has 2 aromatic carbocycles. The van der Waals surface area contributed by atoms with Gasteiger partial charge in [-0.15, -0.1) is 11.3 Å². The molecule has 2 aromatic heterocycles. The number of amidine groups is 1. The SMILES string of the molecule is COC(=O)N[C@@H](C)C(=O)N1CCC[C@H]1c1ncc(-c2ccc3c(c2)sc2cc(C4CN=C([C@@H]5[C@@H]6CC[C@H](C6)N5C(=O)[C@H](C)NC(=O)OC)N4)ccc23)[nH]1. The Morgan fingerprint density at radius 2 is 1.64 bits per heavy atom. The molecule has 1 aliphatic carbocycles. The fourth-order valence-corrected chi connectivity index (χ4v) is 9.89. The van der Waals surface area contributed by atoms with Gasteiger partial charge in [-0.1, -0.05) is 24.3 Å². The average molecular weight is 741 g/mol. The van der Waals surface area contributed by atoms with Gasteiger partial charge in [0.05, 0.1) is 50.8 Å². The van der Waals surface area contributed by atoms with Crippen LogP contribution in [0.15, 0.2) is 47.6 Å². The number of amides is 4. The first-order valence-electron chi connectivity index (χ1n) is 18.3. The molecule has 8 rings (SSSR count). The first-order chi connectivity index (χ1) is 25.6. The van der Waals surface area contributed by atoms with Crippen molar-refractivity contribution in [3.05, 3.63) is 54.0 Å². The Morgan fingerprint density at radius 1 is 0.925 bits per heavy atom. The number of benzene rings is 2. The fraction of sp³-hybridized carbons (Fsp3) is 0.474. The molecule has 4 aromatic rings. The molecule has 5 heterocycles. The Balaban J connectivity index is 0.971. The van der Waals surface area contributed by atoms with Gasteiger partial charge in [0.2, 0.25) is 11.8 Å². The van der Waals surface area contributed by atoms with Crippen molar-refractivity contribution in [1.29, 1.82) is 0 Å². The van der Waals surface area contributed by atoms with Crippen molar-refractivity contribution >= 4 is 61.3 Å². The van der Waals surface area contributed by atoms with Crippen LogP contribution in [0.3, 0.4) is 0 Å². The van der Waals surface area contributed by atoms with E-state index in [9.17, 15) is 19.2 Å². The van der Waals surface area contributed by atoms with Crippen LogP contribution in [0.4, 0.5) is 9.59 Å². The number of methoxy groups -OCH3 is 2. The minimum atomic E-state index is -0.706. The molecule has 4 aliphatic rings. The third-order valence-corrected chi connectivity index (χ3v) is 12.4. The van der Waals surface area contributed by atoms with E-state index in [2.05, 4.69) is 67.1 Å². The van der Waals surface area contributed by atoms with Crippen LogP contribution in [0.5, 0.6) is 0 Å². The number of thiophene rings is 1. The van der Waals surface area contributed by atoms with Gasteiger partial charge >= 0.3 is 12.2 Å². The number of hydrogen-bond acceptors (Lipinski definition) is 10. The number of nitrogens with zero attached hydrogens (tertiary/aromatic N) is 4. The summed E-state index contributed by atoms with van der Waals surface area (Å²) in [4.78, 5) is 67.1. The summed E-state index contributed by atoms with van der Waals surface area (Å²) in [6.45, 7) is 4.55. The number of aromatic amines is 1. The van der Waals surface area contributed by atoms with Crippen molar-refractivity contribution in [1.82, 2.24) is 35.7 Å². The number of fused-ring (bicyclic) bond motifs is 5. The molecule has 278 valence electrons. The van der Waals surface area contributed by atoms with Gasteiger partial charge in [0, 0.05) is 38.3 Å². The molecule has 1 unspecified atom stereocenters. The van der Waals surface area contributed by atoms with E-state index < -0.39 is 24.3 Å². The lowest BCUT2D eigenvalue weighted by Crippen LogP contribution is -2.57. The minimum absolute atomic E-state index is 0.00144. The first-order valence-corrected chi connectivity index (χ1v) is 19.1. The Morgan fingerprint density at radius 3 is 2.40 bits per heavy atom.